The summed E-state index contributed by atoms with van der Waals surface area (Å²) in [6.07, 6.45) is 0. The molecule has 0 bridgehead atoms. The number of rotatable bonds is 4. The minimum absolute atomic E-state index is 1.28. The number of allylic oxidation sites excluding steroid dienone is 3. The summed E-state index contributed by atoms with van der Waals surface area (Å²) in [5.74, 6) is 0. The maximum absolute atomic E-state index is 2.31. The van der Waals surface area contributed by atoms with Crippen molar-refractivity contribution in [1.29, 1.82) is 0 Å². The standard InChI is InChI=1S/C22H25B/c1-16(2)22(21-14-10-7-11-15-21)23-19(5)17(3)18(4)20-12-8-6-9-13-20/h6-15H,1-5H3/b18-17+. The van der Waals surface area contributed by atoms with Crippen LogP contribution in [0.15, 0.2) is 71.8 Å². The third-order valence-corrected chi connectivity index (χ3v) is 4.35. The van der Waals surface area contributed by atoms with Crippen molar-refractivity contribution >= 4 is 23.4 Å². The van der Waals surface area contributed by atoms with Gasteiger partial charge in [0.2, 0.25) is 0 Å². The molecule has 0 nitrogen and oxygen atoms in total. The molecule has 0 saturated heterocycles. The van der Waals surface area contributed by atoms with E-state index in [1.807, 2.05) is 0 Å². The minimum atomic E-state index is 1.28. The van der Waals surface area contributed by atoms with E-state index < -0.39 is 0 Å². The molecule has 23 heavy (non-hydrogen) atoms. The summed E-state index contributed by atoms with van der Waals surface area (Å²) in [4.78, 5) is 0. The van der Waals surface area contributed by atoms with E-state index in [1.165, 1.54) is 38.8 Å². The van der Waals surface area contributed by atoms with Crippen molar-refractivity contribution in [2.75, 3.05) is 0 Å². The van der Waals surface area contributed by atoms with Crippen LogP contribution in [0.4, 0.5) is 0 Å². The fourth-order valence-electron chi connectivity index (χ4n) is 2.66. The van der Waals surface area contributed by atoms with E-state index in [1.54, 1.807) is 0 Å². The molecular weight excluding hydrogens is 275 g/mol. The third-order valence-electron chi connectivity index (χ3n) is 4.35. The summed E-state index contributed by atoms with van der Waals surface area (Å²) in [5, 5.41) is 0. The topological polar surface area (TPSA) is 0 Å². The fourth-order valence-corrected chi connectivity index (χ4v) is 2.66. The zero-order valence-corrected chi connectivity index (χ0v) is 14.9. The Hall–Kier alpha value is -2.15. The van der Waals surface area contributed by atoms with Crippen LogP contribution in [-0.2, 0) is 0 Å². The number of hydrogen-bond donors (Lipinski definition) is 0. The Morgan fingerprint density at radius 2 is 1.13 bits per heavy atom. The van der Waals surface area contributed by atoms with Gasteiger partial charge in [0.15, 0.2) is 0 Å². The summed E-state index contributed by atoms with van der Waals surface area (Å²) >= 11 is 0. The summed E-state index contributed by atoms with van der Waals surface area (Å²) in [5.41, 5.74) is 9.19. The van der Waals surface area contributed by atoms with E-state index >= 15 is 0 Å². The first-order chi connectivity index (χ1) is 11.0. The molecule has 2 aromatic carbocycles. The van der Waals surface area contributed by atoms with Crippen molar-refractivity contribution in [3.63, 3.8) is 0 Å². The van der Waals surface area contributed by atoms with Gasteiger partial charge >= 0.3 is 141 Å². The van der Waals surface area contributed by atoms with E-state index in [-0.39, 0.29) is 0 Å². The van der Waals surface area contributed by atoms with Crippen LogP contribution < -0.4 is 0 Å². The van der Waals surface area contributed by atoms with Gasteiger partial charge in [0.1, 0.15) is 0 Å². The van der Waals surface area contributed by atoms with Crippen LogP contribution >= 0.6 is 0 Å². The van der Waals surface area contributed by atoms with Crippen LogP contribution in [0, 0.1) is 0 Å². The molecule has 1 heteroatoms. The van der Waals surface area contributed by atoms with Crippen molar-refractivity contribution in [3.05, 3.63) is 82.9 Å². The summed E-state index contributed by atoms with van der Waals surface area (Å²) < 4.78 is 0. The Bertz CT molecular complexity index is 743. The third kappa shape index (κ3) is 4.42. The average molecular weight is 300 g/mol. The van der Waals surface area contributed by atoms with Crippen molar-refractivity contribution in [1.82, 2.24) is 0 Å². The van der Waals surface area contributed by atoms with Gasteiger partial charge in [-0.05, 0) is 0 Å². The van der Waals surface area contributed by atoms with E-state index in [0.29, 0.717) is 0 Å². The molecule has 0 spiro atoms. The molecule has 0 N–H and O–H groups in total. The monoisotopic (exact) mass is 300 g/mol. The van der Waals surface area contributed by atoms with Gasteiger partial charge in [-0.1, -0.05) is 0 Å². The van der Waals surface area contributed by atoms with Crippen LogP contribution in [0.3, 0.4) is 0 Å². The molecule has 0 saturated carbocycles. The maximum atomic E-state index is 2.31. The first kappa shape index (κ1) is 17.2. The molecule has 0 aromatic heterocycles. The van der Waals surface area contributed by atoms with Crippen molar-refractivity contribution in [3.8, 4) is 0 Å². The van der Waals surface area contributed by atoms with Crippen LogP contribution in [-0.4, -0.2) is 12.4 Å². The van der Waals surface area contributed by atoms with E-state index in [2.05, 4.69) is 102 Å². The van der Waals surface area contributed by atoms with Crippen LogP contribution in [0.5, 0.6) is 0 Å². The molecule has 0 heterocycles. The molecular formula is C22H25B. The van der Waals surface area contributed by atoms with Gasteiger partial charge in [-0.15, -0.1) is 0 Å². The van der Waals surface area contributed by atoms with Gasteiger partial charge in [0.25, 0.3) is 0 Å². The fraction of sp³-hybridized carbons (Fsp3) is 0.227. The van der Waals surface area contributed by atoms with Gasteiger partial charge in [-0.3, -0.25) is 0 Å². The van der Waals surface area contributed by atoms with E-state index in [4.69, 9.17) is 0 Å². The second-order valence-corrected chi connectivity index (χ2v) is 6.22. The van der Waals surface area contributed by atoms with Gasteiger partial charge in [0.05, 0.1) is 0 Å². The summed E-state index contributed by atoms with van der Waals surface area (Å²) in [7, 11) is 0. The van der Waals surface area contributed by atoms with Crippen LogP contribution in [0.25, 0.3) is 11.0 Å². The van der Waals surface area contributed by atoms with Crippen molar-refractivity contribution in [2.45, 2.75) is 34.6 Å². The Labute approximate surface area is 141 Å². The zero-order valence-electron chi connectivity index (χ0n) is 14.9. The van der Waals surface area contributed by atoms with Gasteiger partial charge in [-0.25, -0.2) is 0 Å². The molecule has 2 rings (SSSR count). The molecule has 0 unspecified atom stereocenters. The van der Waals surface area contributed by atoms with E-state index in [9.17, 15) is 0 Å². The molecule has 0 aliphatic heterocycles. The molecule has 0 aliphatic carbocycles. The quantitative estimate of drug-likeness (QED) is 0.623. The second-order valence-electron chi connectivity index (χ2n) is 6.22. The molecule has 2 aromatic rings. The first-order valence-corrected chi connectivity index (χ1v) is 8.15. The van der Waals surface area contributed by atoms with Gasteiger partial charge < -0.3 is 0 Å². The molecule has 0 fully saturated rings. The Balaban J connectivity index is 2.43. The zero-order chi connectivity index (χ0) is 16.8. The second kappa shape index (κ2) is 7.92. The van der Waals surface area contributed by atoms with Crippen LogP contribution in [0.2, 0.25) is 0 Å². The molecule has 116 valence electrons. The van der Waals surface area contributed by atoms with Crippen LogP contribution in [0.1, 0.15) is 45.7 Å². The number of hydrogen-bond acceptors (Lipinski definition) is 0. The molecule has 0 atom stereocenters. The Morgan fingerprint density at radius 1 is 0.652 bits per heavy atom. The van der Waals surface area contributed by atoms with E-state index in [0.717, 1.165) is 0 Å². The predicted molar refractivity (Wildman–Crippen MR) is 106 cm³/mol. The molecule has 0 amide bonds. The SMILES string of the molecule is CC(=BC(=C(C)C)c1ccccc1)/C(C)=C(\C)c1ccccc1. The Morgan fingerprint density at radius 3 is 1.61 bits per heavy atom. The average Bonchev–Trinajstić information content (AvgIpc) is 2.59. The van der Waals surface area contributed by atoms with Gasteiger partial charge in [0, 0.05) is 0 Å². The van der Waals surface area contributed by atoms with Crippen molar-refractivity contribution in [2.24, 2.45) is 0 Å². The summed E-state index contributed by atoms with van der Waals surface area (Å²) in [6, 6.07) is 21.2. The normalized spacial score (nSPS) is 12.3. The first-order valence-electron chi connectivity index (χ1n) is 8.15. The van der Waals surface area contributed by atoms with Gasteiger partial charge in [-0.2, -0.15) is 0 Å². The van der Waals surface area contributed by atoms with Crippen molar-refractivity contribution < 1.29 is 0 Å². The predicted octanol–water partition coefficient (Wildman–Crippen LogP) is 5.83. The molecule has 0 aliphatic rings. The Kier molecular flexibility index (Phi) is 5.93. The number of benzene rings is 2. The summed E-state index contributed by atoms with van der Waals surface area (Å²) in [6.45, 7) is 13.3. The molecule has 0 radical (unpaired) electrons.